The monoisotopic (exact) mass is 257 g/mol. The van der Waals surface area contributed by atoms with Gasteiger partial charge in [0.15, 0.2) is 0 Å². The van der Waals surface area contributed by atoms with Crippen molar-refractivity contribution >= 4 is 10.8 Å². The van der Waals surface area contributed by atoms with Gasteiger partial charge in [0.2, 0.25) is 0 Å². The summed E-state index contributed by atoms with van der Waals surface area (Å²) >= 11 is 0. The van der Waals surface area contributed by atoms with Gasteiger partial charge in [0.1, 0.15) is 11.5 Å². The van der Waals surface area contributed by atoms with Gasteiger partial charge in [-0.1, -0.05) is 0 Å². The zero-order valence-corrected chi connectivity index (χ0v) is 11.5. The van der Waals surface area contributed by atoms with Gasteiger partial charge in [-0.05, 0) is 25.2 Å². The molecule has 0 saturated heterocycles. The fourth-order valence-corrected chi connectivity index (χ4v) is 2.49. The Morgan fingerprint density at radius 3 is 2.53 bits per heavy atom. The third-order valence-corrected chi connectivity index (χ3v) is 3.36. The maximum Gasteiger partial charge on any atom is 0.123 e. The SMILES string of the molecule is CNC(CS(C)=O)c1cc(OC)ccc1OC. The number of rotatable bonds is 6. The summed E-state index contributed by atoms with van der Waals surface area (Å²) in [5.41, 5.74) is 0.963. The van der Waals surface area contributed by atoms with Crippen LogP contribution in [-0.2, 0) is 10.8 Å². The van der Waals surface area contributed by atoms with E-state index in [1.807, 2.05) is 25.2 Å². The van der Waals surface area contributed by atoms with E-state index in [0.29, 0.717) is 5.75 Å². The topological polar surface area (TPSA) is 47.6 Å². The first-order valence-corrected chi connectivity index (χ1v) is 7.04. The van der Waals surface area contributed by atoms with Crippen molar-refractivity contribution in [3.63, 3.8) is 0 Å². The fraction of sp³-hybridized carbons (Fsp3) is 0.500. The molecule has 5 heteroatoms. The van der Waals surface area contributed by atoms with Crippen LogP contribution in [0.3, 0.4) is 0 Å². The number of benzene rings is 1. The number of ether oxygens (including phenoxy) is 2. The van der Waals surface area contributed by atoms with Crippen molar-refractivity contribution in [3.8, 4) is 11.5 Å². The molecule has 1 rings (SSSR count). The molecule has 0 aliphatic heterocycles. The molecule has 0 fully saturated rings. The van der Waals surface area contributed by atoms with Gasteiger partial charge in [-0.25, -0.2) is 0 Å². The molecule has 96 valence electrons. The largest absolute Gasteiger partial charge is 0.497 e. The second-order valence-corrected chi connectivity index (χ2v) is 5.17. The van der Waals surface area contributed by atoms with Crippen molar-refractivity contribution in [1.29, 1.82) is 0 Å². The molecular weight excluding hydrogens is 238 g/mol. The molecule has 0 radical (unpaired) electrons. The van der Waals surface area contributed by atoms with Crippen LogP contribution in [0.4, 0.5) is 0 Å². The fourth-order valence-electron chi connectivity index (χ4n) is 1.68. The minimum atomic E-state index is -0.874. The van der Waals surface area contributed by atoms with E-state index in [0.717, 1.165) is 17.1 Å². The second kappa shape index (κ2) is 6.61. The molecular formula is C12H19NO3S. The molecule has 0 aliphatic carbocycles. The van der Waals surface area contributed by atoms with Gasteiger partial charge in [-0.3, -0.25) is 4.21 Å². The summed E-state index contributed by atoms with van der Waals surface area (Å²) in [6.45, 7) is 0. The van der Waals surface area contributed by atoms with Gasteiger partial charge < -0.3 is 14.8 Å². The van der Waals surface area contributed by atoms with E-state index < -0.39 is 10.8 Å². The molecule has 1 aromatic carbocycles. The van der Waals surface area contributed by atoms with Crippen molar-refractivity contribution in [2.45, 2.75) is 6.04 Å². The van der Waals surface area contributed by atoms with Gasteiger partial charge in [0.05, 0.1) is 14.2 Å². The Morgan fingerprint density at radius 1 is 1.35 bits per heavy atom. The van der Waals surface area contributed by atoms with E-state index in [2.05, 4.69) is 5.32 Å². The first-order chi connectivity index (χ1) is 8.12. The van der Waals surface area contributed by atoms with E-state index in [1.54, 1.807) is 20.5 Å². The molecule has 1 N–H and O–H groups in total. The van der Waals surface area contributed by atoms with Crippen LogP contribution < -0.4 is 14.8 Å². The Bertz CT molecular complexity index is 395. The zero-order valence-electron chi connectivity index (χ0n) is 10.6. The molecule has 0 saturated carbocycles. The smallest absolute Gasteiger partial charge is 0.123 e. The van der Waals surface area contributed by atoms with Gasteiger partial charge in [0, 0.05) is 34.4 Å². The molecule has 1 aromatic rings. The molecule has 0 aromatic heterocycles. The van der Waals surface area contributed by atoms with E-state index in [1.165, 1.54) is 0 Å². The molecule has 0 bridgehead atoms. The van der Waals surface area contributed by atoms with Crippen LogP contribution in [0.5, 0.6) is 11.5 Å². The number of nitrogens with one attached hydrogen (secondary N) is 1. The lowest BCUT2D eigenvalue weighted by atomic mass is 10.1. The number of methoxy groups -OCH3 is 2. The Hall–Kier alpha value is -1.07. The molecule has 0 amide bonds. The summed E-state index contributed by atoms with van der Waals surface area (Å²) in [7, 11) is 4.22. The number of hydrogen-bond donors (Lipinski definition) is 1. The Labute approximate surface area is 105 Å². The predicted molar refractivity (Wildman–Crippen MR) is 70.3 cm³/mol. The first-order valence-electron chi connectivity index (χ1n) is 5.31. The number of hydrogen-bond acceptors (Lipinski definition) is 4. The van der Waals surface area contributed by atoms with Crippen LogP contribution in [0, 0.1) is 0 Å². The van der Waals surface area contributed by atoms with Crippen molar-refractivity contribution in [2.75, 3.05) is 33.3 Å². The summed E-state index contributed by atoms with van der Waals surface area (Å²) in [4.78, 5) is 0. The standard InChI is InChI=1S/C12H19NO3S/c1-13-11(8-17(4)14)10-7-9(15-2)5-6-12(10)16-3/h5-7,11,13H,8H2,1-4H3. The summed E-state index contributed by atoms with van der Waals surface area (Å²) in [5, 5.41) is 3.15. The molecule has 0 spiro atoms. The van der Waals surface area contributed by atoms with Crippen LogP contribution >= 0.6 is 0 Å². The third kappa shape index (κ3) is 3.71. The maximum absolute atomic E-state index is 11.3. The molecule has 17 heavy (non-hydrogen) atoms. The van der Waals surface area contributed by atoms with Gasteiger partial charge in [-0.15, -0.1) is 0 Å². The van der Waals surface area contributed by atoms with Gasteiger partial charge in [0.25, 0.3) is 0 Å². The molecule has 4 nitrogen and oxygen atoms in total. The van der Waals surface area contributed by atoms with Crippen LogP contribution in [0.25, 0.3) is 0 Å². The molecule has 2 unspecified atom stereocenters. The highest BCUT2D eigenvalue weighted by atomic mass is 32.2. The lowest BCUT2D eigenvalue weighted by Crippen LogP contribution is -2.23. The van der Waals surface area contributed by atoms with Crippen LogP contribution in [0.15, 0.2) is 18.2 Å². The highest BCUT2D eigenvalue weighted by Crippen LogP contribution is 2.29. The third-order valence-electron chi connectivity index (χ3n) is 2.56. The summed E-state index contributed by atoms with van der Waals surface area (Å²) < 4.78 is 21.8. The predicted octanol–water partition coefficient (Wildman–Crippen LogP) is 1.34. The average molecular weight is 257 g/mol. The lowest BCUT2D eigenvalue weighted by Gasteiger charge is -2.19. The van der Waals surface area contributed by atoms with Gasteiger partial charge >= 0.3 is 0 Å². The summed E-state index contributed by atoms with van der Waals surface area (Å²) in [6, 6.07) is 5.60. The van der Waals surface area contributed by atoms with Crippen molar-refractivity contribution in [2.24, 2.45) is 0 Å². The molecule has 2 atom stereocenters. The van der Waals surface area contributed by atoms with E-state index >= 15 is 0 Å². The summed E-state index contributed by atoms with van der Waals surface area (Å²) in [5.74, 6) is 2.08. The van der Waals surface area contributed by atoms with E-state index in [-0.39, 0.29) is 6.04 Å². The Balaban J connectivity index is 3.09. The van der Waals surface area contributed by atoms with Crippen LogP contribution in [-0.4, -0.2) is 37.5 Å². The quantitative estimate of drug-likeness (QED) is 0.835. The van der Waals surface area contributed by atoms with Crippen molar-refractivity contribution < 1.29 is 13.7 Å². The minimum absolute atomic E-state index is 0.00844. The van der Waals surface area contributed by atoms with E-state index in [4.69, 9.17) is 9.47 Å². The normalized spacial score (nSPS) is 14.1. The van der Waals surface area contributed by atoms with E-state index in [9.17, 15) is 4.21 Å². The highest BCUT2D eigenvalue weighted by molar-refractivity contribution is 7.84. The highest BCUT2D eigenvalue weighted by Gasteiger charge is 2.16. The first kappa shape index (κ1) is 14.0. The average Bonchev–Trinajstić information content (AvgIpc) is 2.34. The van der Waals surface area contributed by atoms with Crippen LogP contribution in [0.1, 0.15) is 11.6 Å². The Kier molecular flexibility index (Phi) is 5.44. The Morgan fingerprint density at radius 2 is 2.06 bits per heavy atom. The second-order valence-electron chi connectivity index (χ2n) is 3.69. The molecule has 0 heterocycles. The lowest BCUT2D eigenvalue weighted by molar-refractivity contribution is 0.394. The van der Waals surface area contributed by atoms with Crippen LogP contribution in [0.2, 0.25) is 0 Å². The minimum Gasteiger partial charge on any atom is -0.497 e. The van der Waals surface area contributed by atoms with Crippen molar-refractivity contribution in [3.05, 3.63) is 23.8 Å². The van der Waals surface area contributed by atoms with Crippen molar-refractivity contribution in [1.82, 2.24) is 5.32 Å². The maximum atomic E-state index is 11.3. The zero-order chi connectivity index (χ0) is 12.8. The summed E-state index contributed by atoms with van der Waals surface area (Å²) in [6.07, 6.45) is 1.69. The van der Waals surface area contributed by atoms with Gasteiger partial charge in [-0.2, -0.15) is 0 Å². The molecule has 0 aliphatic rings.